The highest BCUT2D eigenvalue weighted by Gasteiger charge is 2.22. The lowest BCUT2D eigenvalue weighted by Gasteiger charge is -2.28. The van der Waals surface area contributed by atoms with Gasteiger partial charge in [-0.3, -0.25) is 4.79 Å². The first kappa shape index (κ1) is 19.2. The van der Waals surface area contributed by atoms with E-state index in [1.165, 1.54) is 0 Å². The van der Waals surface area contributed by atoms with Crippen LogP contribution in [0, 0.1) is 5.41 Å². The van der Waals surface area contributed by atoms with Crippen LogP contribution in [0.2, 0.25) is 5.02 Å². The Bertz CT molecular complexity index is 424. The third kappa shape index (κ3) is 6.60. The summed E-state index contributed by atoms with van der Waals surface area (Å²) in [5.41, 5.74) is 6.77. The van der Waals surface area contributed by atoms with E-state index in [4.69, 9.17) is 17.3 Å². The predicted octanol–water partition coefficient (Wildman–Crippen LogP) is 3.70. The summed E-state index contributed by atoms with van der Waals surface area (Å²) in [6, 6.07) is 7.01. The van der Waals surface area contributed by atoms with Crippen LogP contribution in [0.25, 0.3) is 0 Å². The first-order valence-corrected chi connectivity index (χ1v) is 6.88. The zero-order chi connectivity index (χ0) is 14.6. The van der Waals surface area contributed by atoms with Crippen LogP contribution in [0.1, 0.15) is 45.7 Å². The summed E-state index contributed by atoms with van der Waals surface area (Å²) in [6.45, 7) is 8.13. The quantitative estimate of drug-likeness (QED) is 0.889. The molecule has 1 amide bonds. The van der Waals surface area contributed by atoms with E-state index in [0.717, 1.165) is 12.0 Å². The lowest BCUT2D eigenvalue weighted by molar-refractivity contribution is -0.122. The van der Waals surface area contributed by atoms with Crippen LogP contribution >= 0.6 is 24.0 Å². The van der Waals surface area contributed by atoms with Crippen LogP contribution in [0.3, 0.4) is 0 Å². The van der Waals surface area contributed by atoms with Gasteiger partial charge in [-0.2, -0.15) is 0 Å². The molecule has 0 aliphatic rings. The highest BCUT2D eigenvalue weighted by molar-refractivity contribution is 6.30. The Balaban J connectivity index is 0.00000361. The van der Waals surface area contributed by atoms with Crippen molar-refractivity contribution in [1.82, 2.24) is 5.32 Å². The second-order valence-corrected chi connectivity index (χ2v) is 6.60. The van der Waals surface area contributed by atoms with Crippen LogP contribution in [0.4, 0.5) is 0 Å². The van der Waals surface area contributed by atoms with E-state index in [0.29, 0.717) is 5.02 Å². The summed E-state index contributed by atoms with van der Waals surface area (Å²) in [5, 5.41) is 3.69. The number of benzene rings is 1. The standard InChI is InChI=1S/C15H23ClN2O.ClH/c1-10(17)14(19)18-13(9-15(2,3)4)11-5-7-12(16)8-6-11;/h5-8,10,13H,9,17H2,1-4H3,(H,18,19);1H/t10-,13?;/m0./s1. The molecule has 1 aromatic rings. The second kappa shape index (κ2) is 7.87. The van der Waals surface area contributed by atoms with Gasteiger partial charge >= 0.3 is 0 Å². The van der Waals surface area contributed by atoms with Gasteiger partial charge in [0.05, 0.1) is 12.1 Å². The summed E-state index contributed by atoms with van der Waals surface area (Å²) in [7, 11) is 0. The fourth-order valence-corrected chi connectivity index (χ4v) is 1.99. The molecule has 0 saturated carbocycles. The lowest BCUT2D eigenvalue weighted by Crippen LogP contribution is -2.41. The Hall–Kier alpha value is -0.770. The van der Waals surface area contributed by atoms with E-state index in [2.05, 4.69) is 26.1 Å². The van der Waals surface area contributed by atoms with Crippen LogP contribution in [-0.4, -0.2) is 11.9 Å². The summed E-state index contributed by atoms with van der Waals surface area (Å²) < 4.78 is 0. The molecular formula is C15H24Cl2N2O. The minimum atomic E-state index is -0.505. The van der Waals surface area contributed by atoms with Crippen LogP contribution in [-0.2, 0) is 4.79 Å². The number of hydrogen-bond acceptors (Lipinski definition) is 2. The molecule has 0 spiro atoms. The van der Waals surface area contributed by atoms with Gasteiger partial charge < -0.3 is 11.1 Å². The molecule has 0 heterocycles. The zero-order valence-corrected chi connectivity index (χ0v) is 14.0. The van der Waals surface area contributed by atoms with Gasteiger partial charge in [-0.05, 0) is 36.5 Å². The third-order valence-corrected chi connectivity index (χ3v) is 3.07. The largest absolute Gasteiger partial charge is 0.348 e. The number of nitrogens with two attached hydrogens (primary N) is 1. The Kier molecular flexibility index (Phi) is 7.56. The Labute approximate surface area is 132 Å². The van der Waals surface area contributed by atoms with E-state index in [1.807, 2.05) is 24.3 Å². The zero-order valence-electron chi connectivity index (χ0n) is 12.4. The first-order valence-electron chi connectivity index (χ1n) is 6.50. The maximum absolute atomic E-state index is 11.8. The minimum absolute atomic E-state index is 0. The maximum atomic E-state index is 11.8. The fraction of sp³-hybridized carbons (Fsp3) is 0.533. The van der Waals surface area contributed by atoms with Crippen molar-refractivity contribution in [3.05, 3.63) is 34.9 Å². The number of amides is 1. The number of halogens is 2. The number of carbonyl (C=O) groups excluding carboxylic acids is 1. The number of nitrogens with one attached hydrogen (secondary N) is 1. The van der Waals surface area contributed by atoms with Gasteiger partial charge in [-0.1, -0.05) is 44.5 Å². The van der Waals surface area contributed by atoms with E-state index >= 15 is 0 Å². The topological polar surface area (TPSA) is 55.1 Å². The average molecular weight is 319 g/mol. The minimum Gasteiger partial charge on any atom is -0.348 e. The summed E-state index contributed by atoms with van der Waals surface area (Å²) in [5.74, 6) is -0.135. The molecule has 114 valence electrons. The van der Waals surface area contributed by atoms with Crippen LogP contribution in [0.5, 0.6) is 0 Å². The maximum Gasteiger partial charge on any atom is 0.237 e. The van der Waals surface area contributed by atoms with Gasteiger partial charge in [0.2, 0.25) is 5.91 Å². The lowest BCUT2D eigenvalue weighted by atomic mass is 9.85. The molecule has 0 aromatic heterocycles. The summed E-state index contributed by atoms with van der Waals surface area (Å²) >= 11 is 5.90. The smallest absolute Gasteiger partial charge is 0.237 e. The number of hydrogen-bond donors (Lipinski definition) is 2. The molecule has 0 aliphatic carbocycles. The van der Waals surface area contributed by atoms with E-state index < -0.39 is 6.04 Å². The average Bonchev–Trinajstić information content (AvgIpc) is 2.27. The third-order valence-electron chi connectivity index (χ3n) is 2.82. The molecule has 1 rings (SSSR count). The monoisotopic (exact) mass is 318 g/mol. The van der Waals surface area contributed by atoms with Crippen molar-refractivity contribution in [3.8, 4) is 0 Å². The molecule has 0 bridgehead atoms. The molecule has 20 heavy (non-hydrogen) atoms. The molecule has 5 heteroatoms. The molecule has 0 saturated heterocycles. The van der Waals surface area contributed by atoms with Gasteiger partial charge in [0.1, 0.15) is 0 Å². The van der Waals surface area contributed by atoms with Gasteiger partial charge in [0.25, 0.3) is 0 Å². The van der Waals surface area contributed by atoms with Crippen molar-refractivity contribution in [3.63, 3.8) is 0 Å². The number of carbonyl (C=O) groups is 1. The van der Waals surface area contributed by atoms with Crippen molar-refractivity contribution in [2.75, 3.05) is 0 Å². The molecule has 0 fully saturated rings. The Morgan fingerprint density at radius 1 is 1.30 bits per heavy atom. The van der Waals surface area contributed by atoms with Crippen molar-refractivity contribution in [2.24, 2.45) is 11.1 Å². The number of rotatable bonds is 4. The fourth-order valence-electron chi connectivity index (χ4n) is 1.86. The predicted molar refractivity (Wildman–Crippen MR) is 87.3 cm³/mol. The normalized spacial score (nSPS) is 14.1. The van der Waals surface area contributed by atoms with Gasteiger partial charge in [-0.25, -0.2) is 0 Å². The summed E-state index contributed by atoms with van der Waals surface area (Å²) in [6.07, 6.45) is 0.840. The molecule has 1 unspecified atom stereocenters. The Morgan fingerprint density at radius 3 is 2.20 bits per heavy atom. The summed E-state index contributed by atoms with van der Waals surface area (Å²) in [4.78, 5) is 11.8. The van der Waals surface area contributed by atoms with Crippen molar-refractivity contribution >= 4 is 29.9 Å². The molecule has 1 aromatic carbocycles. The molecule has 3 N–H and O–H groups in total. The van der Waals surface area contributed by atoms with Crippen molar-refractivity contribution in [2.45, 2.75) is 46.2 Å². The highest BCUT2D eigenvalue weighted by atomic mass is 35.5. The molecule has 0 aliphatic heterocycles. The molecular weight excluding hydrogens is 295 g/mol. The van der Waals surface area contributed by atoms with Crippen molar-refractivity contribution in [1.29, 1.82) is 0 Å². The van der Waals surface area contributed by atoms with Gasteiger partial charge in [0.15, 0.2) is 0 Å². The van der Waals surface area contributed by atoms with E-state index in [1.54, 1.807) is 6.92 Å². The molecule has 0 radical (unpaired) electrons. The highest BCUT2D eigenvalue weighted by Crippen LogP contribution is 2.30. The SMILES string of the molecule is C[C@H](N)C(=O)NC(CC(C)(C)C)c1ccc(Cl)cc1.Cl. The first-order chi connectivity index (χ1) is 8.69. The van der Waals surface area contributed by atoms with Crippen molar-refractivity contribution < 1.29 is 4.79 Å². The van der Waals surface area contributed by atoms with Crippen LogP contribution < -0.4 is 11.1 Å². The van der Waals surface area contributed by atoms with E-state index in [-0.39, 0.29) is 29.8 Å². The Morgan fingerprint density at radius 2 is 1.80 bits per heavy atom. The van der Waals surface area contributed by atoms with Crippen LogP contribution in [0.15, 0.2) is 24.3 Å². The molecule has 2 atom stereocenters. The second-order valence-electron chi connectivity index (χ2n) is 6.17. The van der Waals surface area contributed by atoms with E-state index in [9.17, 15) is 4.79 Å². The van der Waals surface area contributed by atoms with Gasteiger partial charge in [-0.15, -0.1) is 12.4 Å². The van der Waals surface area contributed by atoms with Gasteiger partial charge in [0, 0.05) is 5.02 Å². The molecule has 3 nitrogen and oxygen atoms in total.